The molecule has 2 atom stereocenters. The van der Waals surface area contributed by atoms with Crippen LogP contribution in [0.25, 0.3) is 0 Å². The van der Waals surface area contributed by atoms with Crippen LogP contribution in [0.3, 0.4) is 0 Å². The summed E-state index contributed by atoms with van der Waals surface area (Å²) in [4.78, 5) is 11.4. The quantitative estimate of drug-likeness (QED) is 0.565. The summed E-state index contributed by atoms with van der Waals surface area (Å²) in [6, 6.07) is -0.694. The van der Waals surface area contributed by atoms with Crippen LogP contribution in [-0.4, -0.2) is 23.0 Å². The minimum absolute atomic E-state index is 0.0106. The third kappa shape index (κ3) is 7.83. The van der Waals surface area contributed by atoms with Gasteiger partial charge in [0, 0.05) is 6.42 Å². The number of rotatable bonds is 10. The Morgan fingerprint density at radius 3 is 2.12 bits per heavy atom. The number of Topliss-reactive ketones (excluding diaryl/α,β-unsaturated/α-hetero) is 1. The SMILES string of the molecule is CCCCCCCCCC(=O)[C@@H](N)[C@@H](C)O. The Hall–Kier alpha value is -0.410. The number of hydrogen-bond acceptors (Lipinski definition) is 3. The molecule has 0 aliphatic carbocycles. The molecule has 0 amide bonds. The summed E-state index contributed by atoms with van der Waals surface area (Å²) in [5, 5.41) is 9.15. The van der Waals surface area contributed by atoms with E-state index in [4.69, 9.17) is 10.8 Å². The third-order valence-corrected chi connectivity index (χ3v) is 2.92. The zero-order chi connectivity index (χ0) is 12.4. The Bertz CT molecular complexity index is 181. The molecule has 16 heavy (non-hydrogen) atoms. The number of aliphatic hydroxyl groups excluding tert-OH is 1. The van der Waals surface area contributed by atoms with E-state index in [-0.39, 0.29) is 5.78 Å². The summed E-state index contributed by atoms with van der Waals surface area (Å²) in [5.41, 5.74) is 5.54. The maximum absolute atomic E-state index is 11.4. The van der Waals surface area contributed by atoms with Gasteiger partial charge in [0.1, 0.15) is 0 Å². The first-order valence-corrected chi connectivity index (χ1v) is 6.56. The molecule has 3 N–H and O–H groups in total. The number of carbonyl (C=O) groups is 1. The van der Waals surface area contributed by atoms with Gasteiger partial charge in [-0.1, -0.05) is 45.4 Å². The van der Waals surface area contributed by atoms with Crippen LogP contribution >= 0.6 is 0 Å². The van der Waals surface area contributed by atoms with Crippen molar-refractivity contribution in [2.24, 2.45) is 5.73 Å². The molecule has 0 aliphatic rings. The minimum Gasteiger partial charge on any atom is -0.391 e. The highest BCUT2D eigenvalue weighted by molar-refractivity contribution is 5.84. The molecule has 0 saturated carbocycles. The highest BCUT2D eigenvalue weighted by Crippen LogP contribution is 2.09. The number of ketones is 1. The fourth-order valence-corrected chi connectivity index (χ4v) is 1.69. The highest BCUT2D eigenvalue weighted by atomic mass is 16.3. The molecule has 96 valence electrons. The molecule has 0 aromatic heterocycles. The van der Waals surface area contributed by atoms with Crippen LogP contribution in [0.2, 0.25) is 0 Å². The summed E-state index contributed by atoms with van der Waals surface area (Å²) in [7, 11) is 0. The first-order chi connectivity index (χ1) is 7.59. The predicted octanol–water partition coefficient (Wildman–Crippen LogP) is 2.40. The van der Waals surface area contributed by atoms with E-state index in [1.54, 1.807) is 6.92 Å². The van der Waals surface area contributed by atoms with Crippen molar-refractivity contribution in [3.63, 3.8) is 0 Å². The lowest BCUT2D eigenvalue weighted by Crippen LogP contribution is -2.40. The summed E-state index contributed by atoms with van der Waals surface area (Å²) in [5.74, 6) is -0.0106. The van der Waals surface area contributed by atoms with E-state index in [0.29, 0.717) is 6.42 Å². The first kappa shape index (κ1) is 15.6. The molecule has 0 unspecified atom stereocenters. The molecule has 0 bridgehead atoms. The average Bonchev–Trinajstić information content (AvgIpc) is 2.26. The van der Waals surface area contributed by atoms with Crippen LogP contribution in [-0.2, 0) is 4.79 Å². The molecule has 3 nitrogen and oxygen atoms in total. The van der Waals surface area contributed by atoms with Crippen LogP contribution in [0.15, 0.2) is 0 Å². The van der Waals surface area contributed by atoms with E-state index in [1.165, 1.54) is 32.1 Å². The lowest BCUT2D eigenvalue weighted by molar-refractivity contribution is -0.122. The molecule has 0 heterocycles. The van der Waals surface area contributed by atoms with Crippen LogP contribution in [0, 0.1) is 0 Å². The van der Waals surface area contributed by atoms with Gasteiger partial charge in [-0.3, -0.25) is 4.79 Å². The van der Waals surface area contributed by atoms with E-state index < -0.39 is 12.1 Å². The summed E-state index contributed by atoms with van der Waals surface area (Å²) >= 11 is 0. The van der Waals surface area contributed by atoms with Gasteiger partial charge in [-0.25, -0.2) is 0 Å². The van der Waals surface area contributed by atoms with Crippen molar-refractivity contribution >= 4 is 5.78 Å². The van der Waals surface area contributed by atoms with Gasteiger partial charge in [-0.05, 0) is 13.3 Å². The summed E-state index contributed by atoms with van der Waals surface area (Å²) in [6.45, 7) is 3.77. The smallest absolute Gasteiger partial charge is 0.152 e. The van der Waals surface area contributed by atoms with E-state index in [1.807, 2.05) is 0 Å². The molecule has 0 fully saturated rings. The second-order valence-corrected chi connectivity index (χ2v) is 4.60. The van der Waals surface area contributed by atoms with Crippen molar-refractivity contribution in [1.29, 1.82) is 0 Å². The minimum atomic E-state index is -0.725. The fourth-order valence-electron chi connectivity index (χ4n) is 1.69. The Labute approximate surface area is 99.4 Å². The van der Waals surface area contributed by atoms with Gasteiger partial charge in [0.25, 0.3) is 0 Å². The summed E-state index contributed by atoms with van der Waals surface area (Å²) < 4.78 is 0. The predicted molar refractivity (Wildman–Crippen MR) is 67.3 cm³/mol. The van der Waals surface area contributed by atoms with Crippen LogP contribution in [0.1, 0.15) is 65.2 Å². The van der Waals surface area contributed by atoms with Crippen molar-refractivity contribution in [2.45, 2.75) is 77.4 Å². The Morgan fingerprint density at radius 1 is 1.12 bits per heavy atom. The Balaban J connectivity index is 3.34. The Morgan fingerprint density at radius 2 is 1.62 bits per heavy atom. The summed E-state index contributed by atoms with van der Waals surface area (Å²) in [6.07, 6.45) is 8.15. The molecular formula is C13H27NO2. The second kappa shape index (κ2) is 9.79. The maximum atomic E-state index is 11.4. The normalized spacial score (nSPS) is 14.8. The van der Waals surface area contributed by atoms with E-state index in [2.05, 4.69) is 6.92 Å². The lowest BCUT2D eigenvalue weighted by Gasteiger charge is -2.12. The molecule has 0 radical (unpaired) electrons. The molecule has 0 spiro atoms. The largest absolute Gasteiger partial charge is 0.391 e. The lowest BCUT2D eigenvalue weighted by atomic mass is 10.0. The van der Waals surface area contributed by atoms with Gasteiger partial charge >= 0.3 is 0 Å². The fraction of sp³-hybridized carbons (Fsp3) is 0.923. The van der Waals surface area contributed by atoms with Crippen molar-refractivity contribution in [3.05, 3.63) is 0 Å². The van der Waals surface area contributed by atoms with Crippen LogP contribution in [0.5, 0.6) is 0 Å². The van der Waals surface area contributed by atoms with Gasteiger partial charge in [0.2, 0.25) is 0 Å². The molecule has 0 aromatic carbocycles. The standard InChI is InChI=1S/C13H27NO2/c1-3-4-5-6-7-8-9-10-12(16)13(14)11(2)15/h11,13,15H,3-10,14H2,1-2H3/t11-,13+/m1/s1. The number of carbonyl (C=O) groups excluding carboxylic acids is 1. The molecule has 0 aromatic rings. The third-order valence-electron chi connectivity index (χ3n) is 2.92. The van der Waals surface area contributed by atoms with Crippen molar-refractivity contribution in [3.8, 4) is 0 Å². The van der Waals surface area contributed by atoms with Gasteiger partial charge in [0.05, 0.1) is 12.1 Å². The van der Waals surface area contributed by atoms with Crippen LogP contribution < -0.4 is 5.73 Å². The first-order valence-electron chi connectivity index (χ1n) is 6.56. The zero-order valence-electron chi connectivity index (χ0n) is 10.7. The highest BCUT2D eigenvalue weighted by Gasteiger charge is 2.17. The number of hydrogen-bond donors (Lipinski definition) is 2. The average molecular weight is 229 g/mol. The zero-order valence-corrected chi connectivity index (χ0v) is 10.7. The molecule has 0 saturated heterocycles. The van der Waals surface area contributed by atoms with Crippen molar-refractivity contribution < 1.29 is 9.90 Å². The number of aliphatic hydroxyl groups is 1. The van der Waals surface area contributed by atoms with Gasteiger partial charge in [-0.2, -0.15) is 0 Å². The van der Waals surface area contributed by atoms with E-state index >= 15 is 0 Å². The van der Waals surface area contributed by atoms with Gasteiger partial charge < -0.3 is 10.8 Å². The van der Waals surface area contributed by atoms with Crippen molar-refractivity contribution in [1.82, 2.24) is 0 Å². The number of nitrogens with two attached hydrogens (primary N) is 1. The van der Waals surface area contributed by atoms with Crippen LogP contribution in [0.4, 0.5) is 0 Å². The molecule has 0 rings (SSSR count). The topological polar surface area (TPSA) is 63.3 Å². The number of unbranched alkanes of at least 4 members (excludes halogenated alkanes) is 6. The molecular weight excluding hydrogens is 202 g/mol. The molecule has 3 heteroatoms. The molecule has 0 aliphatic heterocycles. The van der Waals surface area contributed by atoms with Gasteiger partial charge in [-0.15, -0.1) is 0 Å². The van der Waals surface area contributed by atoms with Gasteiger partial charge in [0.15, 0.2) is 5.78 Å². The monoisotopic (exact) mass is 229 g/mol. The van der Waals surface area contributed by atoms with Crippen molar-refractivity contribution in [2.75, 3.05) is 0 Å². The maximum Gasteiger partial charge on any atom is 0.152 e. The van der Waals surface area contributed by atoms with E-state index in [9.17, 15) is 4.79 Å². The second-order valence-electron chi connectivity index (χ2n) is 4.60. The Kier molecular flexibility index (Phi) is 9.54. The van der Waals surface area contributed by atoms with E-state index in [0.717, 1.165) is 12.8 Å².